The predicted octanol–water partition coefficient (Wildman–Crippen LogP) is 4.41. The van der Waals surface area contributed by atoms with Crippen LogP contribution in [0.25, 0.3) is 0 Å². The van der Waals surface area contributed by atoms with Gasteiger partial charge < -0.3 is 10.6 Å². The topological polar surface area (TPSA) is 54.0 Å². The molecule has 4 nitrogen and oxygen atoms in total. The average molecular weight is 369 g/mol. The summed E-state index contributed by atoms with van der Waals surface area (Å²) in [6.45, 7) is 3.94. The fourth-order valence-electron chi connectivity index (χ4n) is 1.95. The van der Waals surface area contributed by atoms with E-state index < -0.39 is 0 Å². The number of aromatic nitrogens is 1. The Bertz CT molecular complexity index is 680. The predicted molar refractivity (Wildman–Crippen MR) is 90.4 cm³/mol. The molecule has 0 saturated carbocycles. The van der Waals surface area contributed by atoms with E-state index >= 15 is 0 Å². The Kier molecular flexibility index (Phi) is 4.85. The van der Waals surface area contributed by atoms with E-state index in [1.165, 1.54) is 0 Å². The molecule has 0 aliphatic rings. The van der Waals surface area contributed by atoms with Gasteiger partial charge in [0, 0.05) is 17.2 Å². The summed E-state index contributed by atoms with van der Waals surface area (Å²) in [5.41, 5.74) is 3.01. The van der Waals surface area contributed by atoms with E-state index in [2.05, 4.69) is 31.5 Å². The molecule has 0 saturated heterocycles. The first-order valence-electron chi connectivity index (χ1n) is 6.34. The van der Waals surface area contributed by atoms with E-state index in [-0.39, 0.29) is 11.6 Å². The molecule has 0 unspecified atom stereocenters. The van der Waals surface area contributed by atoms with E-state index in [1.54, 1.807) is 19.2 Å². The first-order chi connectivity index (χ1) is 9.92. The summed E-state index contributed by atoms with van der Waals surface area (Å²) >= 11 is 9.54. The van der Waals surface area contributed by atoms with Crippen molar-refractivity contribution in [2.75, 3.05) is 17.7 Å². The maximum Gasteiger partial charge on any atom is 0.275 e. The molecule has 2 rings (SSSR count). The second-order valence-corrected chi connectivity index (χ2v) is 5.86. The Morgan fingerprint density at radius 2 is 1.86 bits per heavy atom. The minimum absolute atomic E-state index is 0.196. The Morgan fingerprint density at radius 3 is 2.43 bits per heavy atom. The molecular formula is C15H15BrClN3O. The normalized spacial score (nSPS) is 10.3. The van der Waals surface area contributed by atoms with Crippen LogP contribution in [0, 0.1) is 13.8 Å². The largest absolute Gasteiger partial charge is 0.373 e. The number of nitrogens with one attached hydrogen (secondary N) is 2. The average Bonchev–Trinajstić information content (AvgIpc) is 2.45. The van der Waals surface area contributed by atoms with Gasteiger partial charge in [-0.2, -0.15) is 0 Å². The number of aryl methyl sites for hydroxylation is 2. The van der Waals surface area contributed by atoms with Gasteiger partial charge in [-0.25, -0.2) is 4.98 Å². The zero-order chi connectivity index (χ0) is 15.6. The van der Waals surface area contributed by atoms with Crippen LogP contribution in [0.4, 0.5) is 11.5 Å². The number of nitrogens with zero attached hydrogens (tertiary/aromatic N) is 1. The van der Waals surface area contributed by atoms with Crippen molar-refractivity contribution < 1.29 is 4.79 Å². The minimum atomic E-state index is -0.335. The van der Waals surface area contributed by atoms with Gasteiger partial charge in [-0.1, -0.05) is 27.5 Å². The van der Waals surface area contributed by atoms with Gasteiger partial charge in [0.05, 0.1) is 5.02 Å². The zero-order valence-electron chi connectivity index (χ0n) is 11.9. The lowest BCUT2D eigenvalue weighted by atomic mass is 10.1. The van der Waals surface area contributed by atoms with Crippen LogP contribution in [0.1, 0.15) is 21.6 Å². The van der Waals surface area contributed by atoms with Crippen molar-refractivity contribution in [3.63, 3.8) is 0 Å². The van der Waals surface area contributed by atoms with E-state index in [1.807, 2.05) is 26.0 Å². The Balaban J connectivity index is 2.30. The van der Waals surface area contributed by atoms with Crippen LogP contribution in [0.5, 0.6) is 0 Å². The summed E-state index contributed by atoms with van der Waals surface area (Å²) in [4.78, 5) is 16.5. The zero-order valence-corrected chi connectivity index (χ0v) is 14.3. The Labute approximate surface area is 137 Å². The van der Waals surface area contributed by atoms with Crippen molar-refractivity contribution >= 4 is 44.9 Å². The van der Waals surface area contributed by atoms with Gasteiger partial charge in [-0.3, -0.25) is 4.79 Å². The number of rotatable bonds is 3. The standard InChI is InChI=1S/C15H15BrClN3O/c1-8-6-10(7-9(2)13(8)16)19-15(21)14-11(17)4-5-12(18-3)20-14/h4-7H,1-3H3,(H,18,20)(H,19,21). The third-order valence-corrected chi connectivity index (χ3v) is 4.57. The molecule has 0 spiro atoms. The molecule has 2 N–H and O–H groups in total. The number of benzene rings is 1. The van der Waals surface area contributed by atoms with Crippen LogP contribution in [-0.4, -0.2) is 17.9 Å². The molecule has 6 heteroatoms. The highest BCUT2D eigenvalue weighted by Gasteiger charge is 2.14. The Hall–Kier alpha value is -1.59. The summed E-state index contributed by atoms with van der Waals surface area (Å²) in [6.07, 6.45) is 0. The highest BCUT2D eigenvalue weighted by molar-refractivity contribution is 9.10. The SMILES string of the molecule is CNc1ccc(Cl)c(C(=O)Nc2cc(C)c(Br)c(C)c2)n1. The smallest absolute Gasteiger partial charge is 0.275 e. The number of hydrogen-bond acceptors (Lipinski definition) is 3. The van der Waals surface area contributed by atoms with Gasteiger partial charge in [0.15, 0.2) is 0 Å². The Morgan fingerprint density at radius 1 is 1.24 bits per heavy atom. The number of carbonyl (C=O) groups is 1. The molecule has 2 aromatic rings. The molecule has 0 aliphatic heterocycles. The van der Waals surface area contributed by atoms with Crippen LogP contribution in [0.3, 0.4) is 0 Å². The van der Waals surface area contributed by atoms with Crippen molar-refractivity contribution in [2.45, 2.75) is 13.8 Å². The second kappa shape index (κ2) is 6.45. The van der Waals surface area contributed by atoms with E-state index in [0.29, 0.717) is 16.5 Å². The summed E-state index contributed by atoms with van der Waals surface area (Å²) in [7, 11) is 1.74. The fraction of sp³-hybridized carbons (Fsp3) is 0.200. The summed E-state index contributed by atoms with van der Waals surface area (Å²) in [6, 6.07) is 7.15. The molecule has 0 atom stereocenters. The van der Waals surface area contributed by atoms with Crippen molar-refractivity contribution in [3.05, 3.63) is 50.6 Å². The van der Waals surface area contributed by atoms with Crippen molar-refractivity contribution in [1.82, 2.24) is 4.98 Å². The number of amides is 1. The highest BCUT2D eigenvalue weighted by atomic mass is 79.9. The summed E-state index contributed by atoms with van der Waals surface area (Å²) in [5, 5.41) is 6.02. The maximum atomic E-state index is 12.3. The lowest BCUT2D eigenvalue weighted by Gasteiger charge is -2.10. The number of carbonyl (C=O) groups excluding carboxylic acids is 1. The van der Waals surface area contributed by atoms with Crippen LogP contribution in [0.2, 0.25) is 5.02 Å². The third-order valence-electron chi connectivity index (χ3n) is 3.01. The monoisotopic (exact) mass is 367 g/mol. The molecule has 21 heavy (non-hydrogen) atoms. The second-order valence-electron chi connectivity index (χ2n) is 4.66. The van der Waals surface area contributed by atoms with Crippen LogP contribution in [0.15, 0.2) is 28.7 Å². The van der Waals surface area contributed by atoms with Crippen LogP contribution in [-0.2, 0) is 0 Å². The number of hydrogen-bond donors (Lipinski definition) is 2. The van der Waals surface area contributed by atoms with Crippen LogP contribution >= 0.6 is 27.5 Å². The third kappa shape index (κ3) is 3.54. The molecule has 1 aromatic carbocycles. The first kappa shape index (κ1) is 15.8. The minimum Gasteiger partial charge on any atom is -0.373 e. The van der Waals surface area contributed by atoms with Crippen molar-refractivity contribution in [3.8, 4) is 0 Å². The molecule has 0 bridgehead atoms. The van der Waals surface area contributed by atoms with Gasteiger partial charge in [0.25, 0.3) is 5.91 Å². The van der Waals surface area contributed by atoms with Gasteiger partial charge in [0.1, 0.15) is 11.5 Å². The lowest BCUT2D eigenvalue weighted by Crippen LogP contribution is -2.15. The van der Waals surface area contributed by atoms with E-state index in [9.17, 15) is 4.79 Å². The molecule has 0 aliphatic carbocycles. The lowest BCUT2D eigenvalue weighted by molar-refractivity contribution is 0.102. The van der Waals surface area contributed by atoms with Gasteiger partial charge in [-0.15, -0.1) is 0 Å². The first-order valence-corrected chi connectivity index (χ1v) is 7.52. The van der Waals surface area contributed by atoms with Gasteiger partial charge >= 0.3 is 0 Å². The summed E-state index contributed by atoms with van der Waals surface area (Å²) in [5.74, 6) is 0.255. The number of pyridine rings is 1. The quantitative estimate of drug-likeness (QED) is 0.844. The molecule has 1 amide bonds. The highest BCUT2D eigenvalue weighted by Crippen LogP contribution is 2.26. The molecule has 1 heterocycles. The van der Waals surface area contributed by atoms with Gasteiger partial charge in [0.2, 0.25) is 0 Å². The van der Waals surface area contributed by atoms with Crippen LogP contribution < -0.4 is 10.6 Å². The molecule has 1 aromatic heterocycles. The van der Waals surface area contributed by atoms with E-state index in [0.717, 1.165) is 15.6 Å². The molecule has 110 valence electrons. The molecule has 0 fully saturated rings. The van der Waals surface area contributed by atoms with Gasteiger partial charge in [-0.05, 0) is 49.2 Å². The molecule has 0 radical (unpaired) electrons. The number of halogens is 2. The van der Waals surface area contributed by atoms with E-state index in [4.69, 9.17) is 11.6 Å². The molecular weight excluding hydrogens is 354 g/mol. The van der Waals surface area contributed by atoms with Crippen molar-refractivity contribution in [2.24, 2.45) is 0 Å². The van der Waals surface area contributed by atoms with Crippen molar-refractivity contribution in [1.29, 1.82) is 0 Å². The fourth-order valence-corrected chi connectivity index (χ4v) is 2.37. The summed E-state index contributed by atoms with van der Waals surface area (Å²) < 4.78 is 1.04. The maximum absolute atomic E-state index is 12.3. The number of anilines is 2.